The number of fused-ring (bicyclic) bond motifs is 1. The minimum Gasteiger partial charge on any atom is -0.306 e. The Labute approximate surface area is 162 Å². The first-order chi connectivity index (χ1) is 12.6. The Morgan fingerprint density at radius 3 is 2.58 bits per heavy atom. The number of aromatic nitrogens is 2. The smallest absolute Gasteiger partial charge is 0.151 e. The summed E-state index contributed by atoms with van der Waals surface area (Å²) in [5.41, 5.74) is 2.59. The second-order valence-corrected chi connectivity index (χ2v) is 7.82. The predicted molar refractivity (Wildman–Crippen MR) is 103 cm³/mol. The second kappa shape index (κ2) is 7.03. The van der Waals surface area contributed by atoms with Crippen molar-refractivity contribution in [3.05, 3.63) is 45.6 Å². The van der Waals surface area contributed by atoms with Crippen molar-refractivity contribution >= 4 is 34.7 Å². The molecule has 1 aromatic carbocycles. The van der Waals surface area contributed by atoms with Gasteiger partial charge in [0.1, 0.15) is 0 Å². The van der Waals surface area contributed by atoms with Crippen LogP contribution in [0, 0.1) is 23.2 Å². The van der Waals surface area contributed by atoms with Crippen LogP contribution in [-0.4, -0.2) is 40.9 Å². The molecular weight excluding hydrogens is 369 g/mol. The number of benzene rings is 1. The first-order valence-electron chi connectivity index (χ1n) is 8.74. The maximum absolute atomic E-state index is 10.1. The molecule has 1 fully saturated rings. The molecule has 4 rings (SSSR count). The number of piperidine rings is 1. The van der Waals surface area contributed by atoms with Crippen LogP contribution in [0.2, 0.25) is 10.0 Å². The molecule has 2 atom stereocenters. The Balaban J connectivity index is 1.83. The molecule has 1 N–H and O–H groups in total. The van der Waals surface area contributed by atoms with Crippen molar-refractivity contribution in [1.82, 2.24) is 15.1 Å². The summed E-state index contributed by atoms with van der Waals surface area (Å²) in [5.74, 6) is 0.343. The lowest BCUT2D eigenvalue weighted by molar-refractivity contribution is 0.249. The third kappa shape index (κ3) is 2.92. The average Bonchev–Trinajstić information content (AvgIpc) is 3.10. The van der Waals surface area contributed by atoms with Crippen molar-refractivity contribution in [1.29, 1.82) is 5.26 Å². The first kappa shape index (κ1) is 17.5. The molecule has 5 nitrogen and oxygen atoms in total. The number of H-pyrrole nitrogens is 1. The summed E-state index contributed by atoms with van der Waals surface area (Å²) in [6.45, 7) is 2.02. The van der Waals surface area contributed by atoms with Gasteiger partial charge >= 0.3 is 0 Å². The Hall–Kier alpha value is -1.87. The third-order valence-electron chi connectivity index (χ3n) is 5.46. The highest BCUT2D eigenvalue weighted by molar-refractivity contribution is 6.36. The molecule has 3 heterocycles. The van der Waals surface area contributed by atoms with Gasteiger partial charge in [-0.3, -0.25) is 5.10 Å². The number of aromatic amines is 1. The molecule has 2 aromatic rings. The van der Waals surface area contributed by atoms with Crippen LogP contribution in [-0.2, 0) is 0 Å². The van der Waals surface area contributed by atoms with Crippen LogP contribution >= 0.6 is 23.2 Å². The van der Waals surface area contributed by atoms with E-state index < -0.39 is 5.92 Å². The zero-order valence-corrected chi connectivity index (χ0v) is 15.9. The second-order valence-electron chi connectivity index (χ2n) is 7.01. The van der Waals surface area contributed by atoms with Gasteiger partial charge in [0.15, 0.2) is 5.82 Å². The number of halogens is 2. The monoisotopic (exact) mass is 387 g/mol. The van der Waals surface area contributed by atoms with Crippen LogP contribution in [0.5, 0.6) is 0 Å². The summed E-state index contributed by atoms with van der Waals surface area (Å²) in [6.07, 6.45) is 3.73. The fourth-order valence-corrected chi connectivity index (χ4v) is 4.71. The van der Waals surface area contributed by atoms with E-state index in [2.05, 4.69) is 28.2 Å². The van der Waals surface area contributed by atoms with Gasteiger partial charge in [-0.05, 0) is 50.7 Å². The molecule has 0 amide bonds. The maximum Gasteiger partial charge on any atom is 0.151 e. The summed E-state index contributed by atoms with van der Waals surface area (Å²) < 4.78 is 0. The molecular formula is C19H19Cl2N5. The topological polar surface area (TPSA) is 68.1 Å². The van der Waals surface area contributed by atoms with Gasteiger partial charge in [-0.2, -0.15) is 10.4 Å². The predicted octanol–water partition coefficient (Wildman–Crippen LogP) is 4.42. The molecule has 134 valence electrons. The lowest BCUT2D eigenvalue weighted by Gasteiger charge is -2.35. The van der Waals surface area contributed by atoms with Crippen molar-refractivity contribution in [2.75, 3.05) is 20.1 Å². The molecule has 2 aliphatic rings. The van der Waals surface area contributed by atoms with E-state index >= 15 is 0 Å². The molecule has 0 bridgehead atoms. The van der Waals surface area contributed by atoms with Crippen molar-refractivity contribution in [3.8, 4) is 6.07 Å². The number of likely N-dealkylation sites (tertiary alicyclic amines) is 1. The number of hydrogen-bond donors (Lipinski definition) is 1. The quantitative estimate of drug-likeness (QED) is 0.828. The summed E-state index contributed by atoms with van der Waals surface area (Å²) in [6, 6.07) is 7.95. The highest BCUT2D eigenvalue weighted by Crippen LogP contribution is 2.47. The number of nitrogens with zero attached hydrogens (tertiary/aromatic N) is 4. The van der Waals surface area contributed by atoms with Crippen LogP contribution in [0.3, 0.4) is 0 Å². The average molecular weight is 388 g/mol. The van der Waals surface area contributed by atoms with E-state index in [-0.39, 0.29) is 11.8 Å². The van der Waals surface area contributed by atoms with E-state index in [4.69, 9.17) is 28.2 Å². The molecule has 0 aliphatic carbocycles. The van der Waals surface area contributed by atoms with E-state index in [1.54, 1.807) is 6.20 Å². The van der Waals surface area contributed by atoms with E-state index in [0.29, 0.717) is 15.9 Å². The minimum absolute atomic E-state index is 0.262. The summed E-state index contributed by atoms with van der Waals surface area (Å²) >= 11 is 13.0. The zero-order chi connectivity index (χ0) is 18.3. The number of nitrogens with one attached hydrogen (secondary N) is 1. The van der Waals surface area contributed by atoms with Gasteiger partial charge in [0.25, 0.3) is 0 Å². The maximum atomic E-state index is 10.1. The minimum atomic E-state index is -0.397. The molecule has 2 unspecified atom stereocenters. The van der Waals surface area contributed by atoms with Gasteiger partial charge in [-0.1, -0.05) is 29.3 Å². The largest absolute Gasteiger partial charge is 0.306 e. The van der Waals surface area contributed by atoms with Gasteiger partial charge in [0.05, 0.1) is 18.2 Å². The molecule has 0 saturated carbocycles. The summed E-state index contributed by atoms with van der Waals surface area (Å²) in [4.78, 5) is 7.12. The highest BCUT2D eigenvalue weighted by atomic mass is 35.5. The molecule has 0 spiro atoms. The fourth-order valence-electron chi connectivity index (χ4n) is 4.07. The zero-order valence-electron chi connectivity index (χ0n) is 14.4. The van der Waals surface area contributed by atoms with E-state index in [1.165, 1.54) is 0 Å². The molecule has 7 heteroatoms. The van der Waals surface area contributed by atoms with Gasteiger partial charge in [-0.15, -0.1) is 0 Å². The Morgan fingerprint density at radius 1 is 1.23 bits per heavy atom. The molecule has 0 radical (unpaired) electrons. The van der Waals surface area contributed by atoms with Crippen LogP contribution < -0.4 is 0 Å². The van der Waals surface area contributed by atoms with Crippen molar-refractivity contribution in [2.24, 2.45) is 16.8 Å². The molecule has 26 heavy (non-hydrogen) atoms. The Bertz CT molecular complexity index is 869. The van der Waals surface area contributed by atoms with Crippen LogP contribution in [0.15, 0.2) is 29.4 Å². The van der Waals surface area contributed by atoms with E-state index in [1.807, 2.05) is 18.2 Å². The summed E-state index contributed by atoms with van der Waals surface area (Å²) in [5, 5.41) is 18.3. The van der Waals surface area contributed by atoms with Crippen molar-refractivity contribution in [3.63, 3.8) is 0 Å². The lowest BCUT2D eigenvalue weighted by Crippen LogP contribution is -2.38. The normalized spacial score (nSPS) is 24.0. The first-order valence-corrected chi connectivity index (χ1v) is 9.49. The van der Waals surface area contributed by atoms with Gasteiger partial charge in [0.2, 0.25) is 0 Å². The van der Waals surface area contributed by atoms with Crippen LogP contribution in [0.4, 0.5) is 5.82 Å². The van der Waals surface area contributed by atoms with Crippen molar-refractivity contribution in [2.45, 2.75) is 18.8 Å². The lowest BCUT2D eigenvalue weighted by atomic mass is 9.73. The number of aliphatic imine (C=N–C) groups is 1. The molecule has 1 saturated heterocycles. The van der Waals surface area contributed by atoms with Crippen LogP contribution in [0.25, 0.3) is 0 Å². The number of rotatable bonds is 2. The molecule has 2 aliphatic heterocycles. The SMILES string of the molecule is CN1CCC(C2=Nc3[nH]ncc3C(c3c(Cl)cccc3Cl)C2C#N)CC1. The van der Waals surface area contributed by atoms with Gasteiger partial charge < -0.3 is 4.90 Å². The fraction of sp³-hybridized carbons (Fsp3) is 0.421. The number of nitriles is 1. The van der Waals surface area contributed by atoms with Crippen molar-refractivity contribution < 1.29 is 0 Å². The molecule has 1 aromatic heterocycles. The van der Waals surface area contributed by atoms with E-state index in [9.17, 15) is 5.26 Å². The Kier molecular flexibility index (Phi) is 4.74. The number of hydrogen-bond acceptors (Lipinski definition) is 4. The summed E-state index contributed by atoms with van der Waals surface area (Å²) in [7, 11) is 2.12. The van der Waals surface area contributed by atoms with Gasteiger partial charge in [-0.25, -0.2) is 4.99 Å². The Morgan fingerprint density at radius 2 is 1.92 bits per heavy atom. The third-order valence-corrected chi connectivity index (χ3v) is 6.12. The highest BCUT2D eigenvalue weighted by Gasteiger charge is 2.41. The van der Waals surface area contributed by atoms with E-state index in [0.717, 1.165) is 42.8 Å². The standard InChI is InChI=1S/C19H19Cl2N5/c1-26-7-5-11(6-8-26)18-12(9-22)16(13-10-23-25-19(13)24-18)17-14(20)3-2-4-15(17)21/h2-4,10-12,16H,5-8H2,1H3,(H,23,25). The van der Waals surface area contributed by atoms with Gasteiger partial charge in [0, 0.05) is 33.2 Å². The van der Waals surface area contributed by atoms with Crippen LogP contribution in [0.1, 0.15) is 29.9 Å².